The fourth-order valence-electron chi connectivity index (χ4n) is 3.42. The Hall–Kier alpha value is -2.04. The molecule has 1 aliphatic rings. The van der Waals surface area contributed by atoms with Gasteiger partial charge in [-0.15, -0.1) is 12.4 Å². The highest BCUT2D eigenvalue weighted by Crippen LogP contribution is 2.15. The molecule has 0 saturated carbocycles. The molecular weight excluding hydrogens is 360 g/mol. The number of ether oxygens (including phenoxy) is 1. The molecule has 2 aromatic rings. The number of benzene rings is 2. The van der Waals surface area contributed by atoms with Crippen LogP contribution in [-0.4, -0.2) is 37.0 Å². The average molecular weight is 389 g/mol. The van der Waals surface area contributed by atoms with Crippen LogP contribution < -0.4 is 10.1 Å². The third kappa shape index (κ3) is 6.56. The number of carbonyl (C=O) groups is 1. The van der Waals surface area contributed by atoms with Crippen molar-refractivity contribution in [2.24, 2.45) is 0 Å². The molecular formula is C22H29ClN2O2. The van der Waals surface area contributed by atoms with Gasteiger partial charge in [-0.1, -0.05) is 42.5 Å². The first-order valence-electron chi connectivity index (χ1n) is 9.42. The van der Waals surface area contributed by atoms with Crippen LogP contribution in [0, 0.1) is 0 Å². The predicted octanol–water partition coefficient (Wildman–Crippen LogP) is 3.83. The highest BCUT2D eigenvalue weighted by Gasteiger charge is 2.21. The van der Waals surface area contributed by atoms with Gasteiger partial charge in [0, 0.05) is 25.6 Å². The van der Waals surface area contributed by atoms with Crippen molar-refractivity contribution in [1.82, 2.24) is 10.2 Å². The van der Waals surface area contributed by atoms with Crippen LogP contribution in [0.15, 0.2) is 54.6 Å². The Morgan fingerprint density at radius 2 is 1.85 bits per heavy atom. The minimum atomic E-state index is 0. The first-order valence-corrected chi connectivity index (χ1v) is 9.42. The summed E-state index contributed by atoms with van der Waals surface area (Å²) in [6, 6.07) is 18.7. The first-order chi connectivity index (χ1) is 12.7. The molecule has 1 aliphatic heterocycles. The maximum Gasteiger partial charge on any atom is 0.224 e. The van der Waals surface area contributed by atoms with E-state index in [0.717, 1.165) is 31.7 Å². The highest BCUT2D eigenvalue weighted by molar-refractivity contribution is 5.85. The molecule has 1 fully saturated rings. The number of hydrogen-bond acceptors (Lipinski definition) is 3. The zero-order valence-electron chi connectivity index (χ0n) is 15.9. The van der Waals surface area contributed by atoms with Gasteiger partial charge in [0.15, 0.2) is 0 Å². The van der Waals surface area contributed by atoms with Crippen molar-refractivity contribution < 1.29 is 9.53 Å². The summed E-state index contributed by atoms with van der Waals surface area (Å²) in [6.45, 7) is 2.43. The minimum Gasteiger partial charge on any atom is -0.497 e. The van der Waals surface area contributed by atoms with Gasteiger partial charge in [-0.05, 0) is 49.1 Å². The number of hydrogen-bond donors (Lipinski definition) is 1. The van der Waals surface area contributed by atoms with E-state index in [-0.39, 0.29) is 18.3 Å². The summed E-state index contributed by atoms with van der Waals surface area (Å²) < 4.78 is 5.21. The molecule has 0 radical (unpaired) electrons. The van der Waals surface area contributed by atoms with Crippen molar-refractivity contribution in [2.75, 3.05) is 20.2 Å². The van der Waals surface area contributed by atoms with Crippen molar-refractivity contribution in [1.29, 1.82) is 0 Å². The van der Waals surface area contributed by atoms with E-state index < -0.39 is 0 Å². The highest BCUT2D eigenvalue weighted by atomic mass is 35.5. The summed E-state index contributed by atoms with van der Waals surface area (Å²) >= 11 is 0. The minimum absolute atomic E-state index is 0. The second-order valence-corrected chi connectivity index (χ2v) is 6.90. The Labute approximate surface area is 168 Å². The van der Waals surface area contributed by atoms with Crippen molar-refractivity contribution in [3.8, 4) is 5.75 Å². The van der Waals surface area contributed by atoms with E-state index in [9.17, 15) is 4.79 Å². The lowest BCUT2D eigenvalue weighted by atomic mass is 10.1. The van der Waals surface area contributed by atoms with Gasteiger partial charge in [-0.2, -0.15) is 0 Å². The van der Waals surface area contributed by atoms with Crippen LogP contribution >= 0.6 is 12.4 Å². The van der Waals surface area contributed by atoms with Crippen LogP contribution in [-0.2, 0) is 17.8 Å². The summed E-state index contributed by atoms with van der Waals surface area (Å²) in [5.74, 6) is 1.10. The topological polar surface area (TPSA) is 41.6 Å². The molecule has 3 rings (SSSR count). The van der Waals surface area contributed by atoms with Gasteiger partial charge >= 0.3 is 0 Å². The third-order valence-electron chi connectivity index (χ3n) is 4.98. The lowest BCUT2D eigenvalue weighted by Crippen LogP contribution is -2.36. The fraction of sp³-hybridized carbons (Fsp3) is 0.409. The third-order valence-corrected chi connectivity index (χ3v) is 4.98. The van der Waals surface area contributed by atoms with Gasteiger partial charge < -0.3 is 15.0 Å². The Morgan fingerprint density at radius 3 is 2.48 bits per heavy atom. The number of nitrogens with zero attached hydrogens (tertiary/aromatic N) is 1. The Balaban J connectivity index is 0.00000261. The monoisotopic (exact) mass is 388 g/mol. The molecule has 0 aliphatic carbocycles. The van der Waals surface area contributed by atoms with Crippen molar-refractivity contribution in [3.63, 3.8) is 0 Å². The summed E-state index contributed by atoms with van der Waals surface area (Å²) in [5.41, 5.74) is 2.39. The maximum absolute atomic E-state index is 12.9. The summed E-state index contributed by atoms with van der Waals surface area (Å²) in [4.78, 5) is 14.9. The first kappa shape index (κ1) is 21.3. The van der Waals surface area contributed by atoms with Crippen LogP contribution in [0.4, 0.5) is 0 Å². The van der Waals surface area contributed by atoms with E-state index in [0.29, 0.717) is 19.0 Å². The zero-order chi connectivity index (χ0) is 18.2. The molecule has 4 nitrogen and oxygen atoms in total. The quantitative estimate of drug-likeness (QED) is 0.747. The Morgan fingerprint density at radius 1 is 1.11 bits per heavy atom. The van der Waals surface area contributed by atoms with E-state index in [4.69, 9.17) is 4.74 Å². The molecule has 0 aromatic heterocycles. The number of carbonyl (C=O) groups excluding carboxylic acids is 1. The predicted molar refractivity (Wildman–Crippen MR) is 111 cm³/mol. The fourth-order valence-corrected chi connectivity index (χ4v) is 3.42. The second kappa shape index (κ2) is 11.0. The van der Waals surface area contributed by atoms with Gasteiger partial charge in [0.25, 0.3) is 0 Å². The van der Waals surface area contributed by atoms with Crippen molar-refractivity contribution in [2.45, 2.75) is 38.3 Å². The average Bonchev–Trinajstić information content (AvgIpc) is 3.19. The summed E-state index contributed by atoms with van der Waals surface area (Å²) in [7, 11) is 1.67. The van der Waals surface area contributed by atoms with E-state index in [1.54, 1.807) is 7.11 Å². The molecule has 146 valence electrons. The zero-order valence-corrected chi connectivity index (χ0v) is 16.7. The molecule has 2 aromatic carbocycles. The second-order valence-electron chi connectivity index (χ2n) is 6.90. The van der Waals surface area contributed by atoms with Crippen LogP contribution in [0.2, 0.25) is 0 Å². The molecule has 1 unspecified atom stereocenters. The molecule has 1 heterocycles. The summed E-state index contributed by atoms with van der Waals surface area (Å²) in [6.07, 6.45) is 3.71. The number of nitrogens with one attached hydrogen (secondary N) is 1. The van der Waals surface area contributed by atoms with Gasteiger partial charge in [0.1, 0.15) is 5.75 Å². The van der Waals surface area contributed by atoms with E-state index in [2.05, 4.69) is 29.6 Å². The lowest BCUT2D eigenvalue weighted by Gasteiger charge is -2.24. The van der Waals surface area contributed by atoms with E-state index in [1.165, 1.54) is 17.5 Å². The number of methoxy groups -OCH3 is 1. The van der Waals surface area contributed by atoms with Crippen molar-refractivity contribution in [3.05, 3.63) is 65.7 Å². The van der Waals surface area contributed by atoms with Crippen LogP contribution in [0.25, 0.3) is 0 Å². The largest absolute Gasteiger partial charge is 0.497 e. The van der Waals surface area contributed by atoms with Gasteiger partial charge in [-0.3, -0.25) is 4.79 Å². The molecule has 1 amide bonds. The summed E-state index contributed by atoms with van der Waals surface area (Å²) in [5, 5.41) is 3.43. The number of amides is 1. The Kier molecular flexibility index (Phi) is 8.62. The lowest BCUT2D eigenvalue weighted by molar-refractivity contribution is -0.132. The SMILES string of the molecule is COc1ccc(CCN(Cc2ccccc2)C(=O)CC2CCCN2)cc1.Cl. The molecule has 1 atom stereocenters. The molecule has 1 N–H and O–H groups in total. The van der Waals surface area contributed by atoms with Gasteiger partial charge in [-0.25, -0.2) is 0 Å². The standard InChI is InChI=1S/C22H28N2O2.ClH/c1-26-21-11-9-18(10-12-21)13-15-24(17-19-6-3-2-4-7-19)22(25)16-20-8-5-14-23-20;/h2-4,6-7,9-12,20,23H,5,8,13-17H2,1H3;1H. The van der Waals surface area contributed by atoms with Crippen LogP contribution in [0.1, 0.15) is 30.4 Å². The Bertz CT molecular complexity index is 685. The molecule has 0 spiro atoms. The molecule has 27 heavy (non-hydrogen) atoms. The normalized spacial score (nSPS) is 15.8. The number of halogens is 1. The number of rotatable bonds is 8. The van der Waals surface area contributed by atoms with E-state index in [1.807, 2.05) is 35.2 Å². The van der Waals surface area contributed by atoms with Crippen molar-refractivity contribution >= 4 is 18.3 Å². The van der Waals surface area contributed by atoms with E-state index >= 15 is 0 Å². The van der Waals surface area contributed by atoms with Crippen LogP contribution in [0.3, 0.4) is 0 Å². The van der Waals surface area contributed by atoms with Gasteiger partial charge in [0.05, 0.1) is 7.11 Å². The molecule has 1 saturated heterocycles. The van der Waals surface area contributed by atoms with Gasteiger partial charge in [0.2, 0.25) is 5.91 Å². The maximum atomic E-state index is 12.9. The smallest absolute Gasteiger partial charge is 0.224 e. The molecule has 0 bridgehead atoms. The van der Waals surface area contributed by atoms with Crippen LogP contribution in [0.5, 0.6) is 5.75 Å². The molecule has 5 heteroatoms.